The summed E-state index contributed by atoms with van der Waals surface area (Å²) >= 11 is 0. The minimum absolute atomic E-state index is 0.427. The second kappa shape index (κ2) is 7.80. The third-order valence-electron chi connectivity index (χ3n) is 4.41. The van der Waals surface area contributed by atoms with Crippen LogP contribution in [-0.4, -0.2) is 18.6 Å². The zero-order valence-corrected chi connectivity index (χ0v) is 13.3. The Morgan fingerprint density at radius 2 is 1.90 bits per heavy atom. The summed E-state index contributed by atoms with van der Waals surface area (Å²) in [7, 11) is 0. The summed E-state index contributed by atoms with van der Waals surface area (Å²) in [5, 5.41) is 7.44. The molecule has 112 valence electrons. The van der Waals surface area contributed by atoms with E-state index in [0.29, 0.717) is 18.1 Å². The van der Waals surface area contributed by atoms with E-state index in [4.69, 9.17) is 0 Å². The normalized spacial score (nSPS) is 23.1. The Morgan fingerprint density at radius 3 is 2.65 bits per heavy atom. The molecule has 1 fully saturated rings. The molecule has 1 aliphatic heterocycles. The zero-order chi connectivity index (χ0) is 14.4. The lowest BCUT2D eigenvalue weighted by molar-refractivity contribution is 0.380. The fraction of sp³-hybridized carbons (Fsp3) is 0.667. The minimum atomic E-state index is 0.427. The van der Waals surface area contributed by atoms with Crippen LogP contribution in [0.15, 0.2) is 24.3 Å². The first-order chi connectivity index (χ1) is 9.65. The molecule has 3 unspecified atom stereocenters. The summed E-state index contributed by atoms with van der Waals surface area (Å²) in [5.74, 6) is 0. The standard InChI is InChI=1S/C18H30N2/c1-14-8-10-17(11-9-14)16(3)20-15(2)13-18-7-5-4-6-12-19-18/h8-11,15-16,18-20H,4-7,12-13H2,1-3H3. The van der Waals surface area contributed by atoms with Gasteiger partial charge in [-0.3, -0.25) is 0 Å². The van der Waals surface area contributed by atoms with Crippen LogP contribution in [0, 0.1) is 6.92 Å². The van der Waals surface area contributed by atoms with E-state index in [0.717, 1.165) is 0 Å². The van der Waals surface area contributed by atoms with Gasteiger partial charge in [0.1, 0.15) is 0 Å². The van der Waals surface area contributed by atoms with Gasteiger partial charge in [-0.05, 0) is 52.1 Å². The Bertz CT molecular complexity index is 377. The molecule has 0 aromatic heterocycles. The van der Waals surface area contributed by atoms with Gasteiger partial charge in [-0.15, -0.1) is 0 Å². The second-order valence-electron chi connectivity index (χ2n) is 6.44. The Hall–Kier alpha value is -0.860. The van der Waals surface area contributed by atoms with Crippen LogP contribution in [0.3, 0.4) is 0 Å². The number of rotatable bonds is 5. The predicted octanol–water partition coefficient (Wildman–Crippen LogP) is 3.96. The van der Waals surface area contributed by atoms with Crippen molar-refractivity contribution in [1.82, 2.24) is 10.6 Å². The molecular formula is C18H30N2. The summed E-state index contributed by atoms with van der Waals surface area (Å²) in [4.78, 5) is 0. The third-order valence-corrected chi connectivity index (χ3v) is 4.41. The molecule has 2 rings (SSSR count). The monoisotopic (exact) mass is 274 g/mol. The van der Waals surface area contributed by atoms with Crippen molar-refractivity contribution < 1.29 is 0 Å². The van der Waals surface area contributed by atoms with Gasteiger partial charge in [0.15, 0.2) is 0 Å². The van der Waals surface area contributed by atoms with Crippen molar-refractivity contribution in [3.63, 3.8) is 0 Å². The number of nitrogens with one attached hydrogen (secondary N) is 2. The van der Waals surface area contributed by atoms with E-state index < -0.39 is 0 Å². The van der Waals surface area contributed by atoms with E-state index in [-0.39, 0.29) is 0 Å². The zero-order valence-electron chi connectivity index (χ0n) is 13.3. The Morgan fingerprint density at radius 1 is 1.15 bits per heavy atom. The van der Waals surface area contributed by atoms with Crippen molar-refractivity contribution in [2.45, 2.75) is 71.0 Å². The van der Waals surface area contributed by atoms with Gasteiger partial charge < -0.3 is 10.6 Å². The van der Waals surface area contributed by atoms with Crippen LogP contribution in [0.5, 0.6) is 0 Å². The molecule has 0 saturated carbocycles. The van der Waals surface area contributed by atoms with E-state index in [9.17, 15) is 0 Å². The maximum absolute atomic E-state index is 3.74. The van der Waals surface area contributed by atoms with Crippen LogP contribution in [0.25, 0.3) is 0 Å². The van der Waals surface area contributed by atoms with Crippen molar-refractivity contribution in [2.24, 2.45) is 0 Å². The lowest BCUT2D eigenvalue weighted by Crippen LogP contribution is -2.37. The smallest absolute Gasteiger partial charge is 0.0294 e. The number of aryl methyl sites for hydroxylation is 1. The topological polar surface area (TPSA) is 24.1 Å². The number of hydrogen-bond acceptors (Lipinski definition) is 2. The van der Waals surface area contributed by atoms with Gasteiger partial charge in [0.2, 0.25) is 0 Å². The molecule has 1 aliphatic rings. The molecule has 0 spiro atoms. The van der Waals surface area contributed by atoms with Crippen molar-refractivity contribution in [3.05, 3.63) is 35.4 Å². The number of hydrogen-bond donors (Lipinski definition) is 2. The molecule has 1 saturated heterocycles. The highest BCUT2D eigenvalue weighted by molar-refractivity contribution is 5.23. The van der Waals surface area contributed by atoms with E-state index in [2.05, 4.69) is 55.7 Å². The second-order valence-corrected chi connectivity index (χ2v) is 6.44. The Kier molecular flexibility index (Phi) is 6.06. The van der Waals surface area contributed by atoms with Crippen molar-refractivity contribution in [1.29, 1.82) is 0 Å². The van der Waals surface area contributed by atoms with E-state index in [1.165, 1.54) is 49.8 Å². The first-order valence-corrected chi connectivity index (χ1v) is 8.21. The predicted molar refractivity (Wildman–Crippen MR) is 87.1 cm³/mol. The van der Waals surface area contributed by atoms with Gasteiger partial charge in [-0.2, -0.15) is 0 Å². The van der Waals surface area contributed by atoms with Gasteiger partial charge in [0.05, 0.1) is 0 Å². The fourth-order valence-corrected chi connectivity index (χ4v) is 3.17. The van der Waals surface area contributed by atoms with Crippen LogP contribution >= 0.6 is 0 Å². The molecule has 2 heteroatoms. The molecule has 0 aliphatic carbocycles. The van der Waals surface area contributed by atoms with Gasteiger partial charge in [0.25, 0.3) is 0 Å². The molecular weight excluding hydrogens is 244 g/mol. The lowest BCUT2D eigenvalue weighted by Gasteiger charge is -2.25. The average molecular weight is 274 g/mol. The van der Waals surface area contributed by atoms with Gasteiger partial charge in [-0.1, -0.05) is 42.7 Å². The molecule has 0 amide bonds. The van der Waals surface area contributed by atoms with E-state index in [1.807, 2.05) is 0 Å². The van der Waals surface area contributed by atoms with Crippen LogP contribution in [0.2, 0.25) is 0 Å². The molecule has 0 radical (unpaired) electrons. The summed E-state index contributed by atoms with van der Waals surface area (Å²) in [5.41, 5.74) is 2.72. The quantitative estimate of drug-likeness (QED) is 0.849. The molecule has 3 atom stereocenters. The fourth-order valence-electron chi connectivity index (χ4n) is 3.17. The maximum Gasteiger partial charge on any atom is 0.0294 e. The summed E-state index contributed by atoms with van der Waals surface area (Å²) in [6.45, 7) is 7.92. The van der Waals surface area contributed by atoms with Gasteiger partial charge in [-0.25, -0.2) is 0 Å². The molecule has 2 N–H and O–H groups in total. The van der Waals surface area contributed by atoms with Crippen LogP contribution in [0.4, 0.5) is 0 Å². The average Bonchev–Trinajstić information content (AvgIpc) is 2.68. The molecule has 2 nitrogen and oxygen atoms in total. The van der Waals surface area contributed by atoms with Crippen molar-refractivity contribution in [3.8, 4) is 0 Å². The highest BCUT2D eigenvalue weighted by Gasteiger charge is 2.16. The Labute approximate surface area is 124 Å². The highest BCUT2D eigenvalue weighted by atomic mass is 15.0. The van der Waals surface area contributed by atoms with Crippen LogP contribution in [-0.2, 0) is 0 Å². The molecule has 20 heavy (non-hydrogen) atoms. The van der Waals surface area contributed by atoms with Gasteiger partial charge >= 0.3 is 0 Å². The van der Waals surface area contributed by atoms with Crippen molar-refractivity contribution >= 4 is 0 Å². The first-order valence-electron chi connectivity index (χ1n) is 8.21. The van der Waals surface area contributed by atoms with Crippen LogP contribution < -0.4 is 10.6 Å². The maximum atomic E-state index is 3.74. The van der Waals surface area contributed by atoms with E-state index in [1.54, 1.807) is 0 Å². The number of benzene rings is 1. The SMILES string of the molecule is Cc1ccc(C(C)NC(C)CC2CCCCCN2)cc1. The Balaban J connectivity index is 1.80. The van der Waals surface area contributed by atoms with Crippen LogP contribution in [0.1, 0.15) is 63.1 Å². The third kappa shape index (κ3) is 4.92. The largest absolute Gasteiger partial charge is 0.314 e. The van der Waals surface area contributed by atoms with Gasteiger partial charge in [0, 0.05) is 18.1 Å². The molecule has 1 heterocycles. The minimum Gasteiger partial charge on any atom is -0.314 e. The molecule has 0 bridgehead atoms. The molecule has 1 aromatic rings. The summed E-state index contributed by atoms with van der Waals surface area (Å²) in [6, 6.07) is 10.6. The summed E-state index contributed by atoms with van der Waals surface area (Å²) < 4.78 is 0. The van der Waals surface area contributed by atoms with E-state index >= 15 is 0 Å². The highest BCUT2D eigenvalue weighted by Crippen LogP contribution is 2.17. The summed E-state index contributed by atoms with van der Waals surface area (Å²) in [6.07, 6.45) is 6.70. The lowest BCUT2D eigenvalue weighted by atomic mass is 10.0. The first kappa shape index (κ1) is 15.5. The van der Waals surface area contributed by atoms with Crippen molar-refractivity contribution in [2.75, 3.05) is 6.54 Å². The molecule has 1 aromatic carbocycles.